The molecule has 0 radical (unpaired) electrons. The minimum absolute atomic E-state index is 0.0203. The predicted octanol–water partition coefficient (Wildman–Crippen LogP) is 1.44. The number of urea groups is 1. The molecule has 3 amide bonds. The van der Waals surface area contributed by atoms with Crippen LogP contribution in [0.4, 0.5) is 4.79 Å². The maximum absolute atomic E-state index is 13.4. The number of likely N-dealkylation sites (N-methyl/N-ethyl adjacent to an activating group) is 1. The van der Waals surface area contributed by atoms with Gasteiger partial charge >= 0.3 is 12.0 Å². The Labute approximate surface area is 219 Å². The normalized spacial score (nSPS) is 23.4. The number of rotatable bonds is 12. The molecule has 37 heavy (non-hydrogen) atoms. The Morgan fingerprint density at radius 2 is 2.05 bits per heavy atom. The summed E-state index contributed by atoms with van der Waals surface area (Å²) in [5.41, 5.74) is 7.86. The largest absolute Gasteiger partial charge is 0.493 e. The fraction of sp³-hybridized carbons (Fsp3) is 0.667. The highest BCUT2D eigenvalue weighted by Crippen LogP contribution is 2.41. The molecule has 0 aliphatic carbocycles. The van der Waals surface area contributed by atoms with E-state index >= 15 is 0 Å². The van der Waals surface area contributed by atoms with Crippen molar-refractivity contribution in [3.8, 4) is 5.75 Å². The summed E-state index contributed by atoms with van der Waals surface area (Å²) >= 11 is 0. The van der Waals surface area contributed by atoms with Gasteiger partial charge in [0.1, 0.15) is 5.75 Å². The van der Waals surface area contributed by atoms with Crippen LogP contribution in [0.1, 0.15) is 43.2 Å². The van der Waals surface area contributed by atoms with Gasteiger partial charge < -0.3 is 30.3 Å². The van der Waals surface area contributed by atoms with Gasteiger partial charge in [0.2, 0.25) is 5.91 Å². The van der Waals surface area contributed by atoms with E-state index in [2.05, 4.69) is 13.0 Å². The molecule has 0 unspecified atom stereocenters. The lowest BCUT2D eigenvalue weighted by molar-refractivity contribution is -0.143. The van der Waals surface area contributed by atoms with Crippen LogP contribution in [0.5, 0.6) is 5.75 Å². The molecule has 1 aromatic rings. The molecule has 1 aromatic carbocycles. The van der Waals surface area contributed by atoms with Crippen LogP contribution in [0.2, 0.25) is 0 Å². The van der Waals surface area contributed by atoms with Gasteiger partial charge in [-0.05, 0) is 30.0 Å². The minimum atomic E-state index is -0.864. The summed E-state index contributed by atoms with van der Waals surface area (Å²) in [5, 5.41) is 10.4. The number of nitrogens with zero attached hydrogens (tertiary/aromatic N) is 4. The number of aliphatic carboxylic acids is 1. The van der Waals surface area contributed by atoms with Gasteiger partial charge in [0, 0.05) is 71.2 Å². The summed E-state index contributed by atoms with van der Waals surface area (Å²) in [6.07, 6.45) is 3.19. The third kappa shape index (κ3) is 6.01. The molecule has 0 bridgehead atoms. The number of ether oxygens (including phenoxy) is 1. The number of nitrogens with two attached hydrogens (primary N) is 1. The first-order valence-corrected chi connectivity index (χ1v) is 13.5. The lowest BCUT2D eigenvalue weighted by Gasteiger charge is -2.30. The van der Waals surface area contributed by atoms with Crippen LogP contribution < -0.4 is 10.5 Å². The molecule has 3 atom stereocenters. The summed E-state index contributed by atoms with van der Waals surface area (Å²) in [4.78, 5) is 45.8. The molecule has 3 N–H and O–H groups in total. The molecule has 3 aliphatic rings. The average Bonchev–Trinajstić information content (AvgIpc) is 3.58. The quantitative estimate of drug-likeness (QED) is 0.432. The van der Waals surface area contributed by atoms with E-state index < -0.39 is 11.9 Å². The molecule has 10 heteroatoms. The van der Waals surface area contributed by atoms with E-state index in [1.807, 2.05) is 17.0 Å². The summed E-state index contributed by atoms with van der Waals surface area (Å²) < 4.78 is 5.65. The van der Waals surface area contributed by atoms with E-state index in [4.69, 9.17) is 10.5 Å². The number of fused-ring (bicyclic) bond motifs is 1. The van der Waals surface area contributed by atoms with Crippen LogP contribution in [0.15, 0.2) is 18.2 Å². The van der Waals surface area contributed by atoms with Crippen LogP contribution in [0.25, 0.3) is 0 Å². The number of unbranched alkanes of at least 4 members (excludes halogenated alkanes) is 1. The molecule has 10 nitrogen and oxygen atoms in total. The van der Waals surface area contributed by atoms with E-state index in [9.17, 15) is 19.5 Å². The number of likely N-dealkylation sites (tertiary alicyclic amines) is 1. The predicted molar refractivity (Wildman–Crippen MR) is 140 cm³/mol. The first-order chi connectivity index (χ1) is 17.8. The second-order valence-corrected chi connectivity index (χ2v) is 10.4. The van der Waals surface area contributed by atoms with Crippen molar-refractivity contribution in [1.82, 2.24) is 19.6 Å². The maximum Gasteiger partial charge on any atom is 0.319 e. The van der Waals surface area contributed by atoms with Crippen molar-refractivity contribution in [2.45, 2.75) is 44.6 Å². The highest BCUT2D eigenvalue weighted by Gasteiger charge is 2.47. The van der Waals surface area contributed by atoms with Gasteiger partial charge in [-0.1, -0.05) is 25.5 Å². The van der Waals surface area contributed by atoms with E-state index in [-0.39, 0.29) is 30.4 Å². The van der Waals surface area contributed by atoms with Crippen molar-refractivity contribution in [2.75, 3.05) is 66.0 Å². The van der Waals surface area contributed by atoms with Gasteiger partial charge in [-0.3, -0.25) is 14.5 Å². The number of carbonyl (C=O) groups excluding carboxylic acids is 2. The van der Waals surface area contributed by atoms with E-state index in [1.54, 1.807) is 21.7 Å². The molecular weight excluding hydrogens is 474 g/mol. The number of benzene rings is 1. The van der Waals surface area contributed by atoms with Gasteiger partial charge in [0.15, 0.2) is 0 Å². The maximum atomic E-state index is 13.4. The zero-order valence-electron chi connectivity index (χ0n) is 22.1. The van der Waals surface area contributed by atoms with Gasteiger partial charge in [0.05, 0.1) is 19.1 Å². The number of hydrogen-bond acceptors (Lipinski definition) is 6. The summed E-state index contributed by atoms with van der Waals surface area (Å²) in [6, 6.07) is 5.59. The Morgan fingerprint density at radius 1 is 1.24 bits per heavy atom. The number of carbonyl (C=O) groups is 3. The fourth-order valence-corrected chi connectivity index (χ4v) is 5.97. The van der Waals surface area contributed by atoms with Crippen LogP contribution in [0, 0.1) is 5.92 Å². The van der Waals surface area contributed by atoms with Gasteiger partial charge in [0.25, 0.3) is 0 Å². The van der Waals surface area contributed by atoms with E-state index in [0.29, 0.717) is 58.8 Å². The summed E-state index contributed by atoms with van der Waals surface area (Å²) in [5.74, 6) is -0.953. The van der Waals surface area contributed by atoms with Crippen molar-refractivity contribution in [1.29, 1.82) is 0 Å². The Bertz CT molecular complexity index is 988. The molecule has 0 spiro atoms. The van der Waals surface area contributed by atoms with Gasteiger partial charge in [-0.15, -0.1) is 0 Å². The monoisotopic (exact) mass is 515 g/mol. The molecule has 2 fully saturated rings. The zero-order valence-corrected chi connectivity index (χ0v) is 22.1. The molecule has 4 rings (SSSR count). The minimum Gasteiger partial charge on any atom is -0.493 e. The second-order valence-electron chi connectivity index (χ2n) is 10.4. The lowest BCUT2D eigenvalue weighted by Crippen LogP contribution is -2.46. The van der Waals surface area contributed by atoms with Crippen LogP contribution in [-0.2, 0) is 16.0 Å². The van der Waals surface area contributed by atoms with Crippen LogP contribution >= 0.6 is 0 Å². The standard InChI is InChI=1S/C27H41N5O5/c1-3-4-10-30(12-9-28)24(33)18-32-17-21(19-5-6-23-20(16-19)8-15-37-23)25(26(34)35)22(32)7-11-31-14-13-29(2)27(31)36/h5-6,16,21-22,25H,3-4,7-15,17-18,28H2,1-2H3,(H,34,35)/t21-,22+,25-/m1/s1. The molecule has 0 saturated carbocycles. The third-order valence-corrected chi connectivity index (χ3v) is 8.04. The van der Waals surface area contributed by atoms with Gasteiger partial charge in [-0.25, -0.2) is 4.79 Å². The first kappa shape index (κ1) is 27.2. The average molecular weight is 516 g/mol. The molecule has 204 valence electrons. The van der Waals surface area contributed by atoms with E-state index in [1.165, 1.54) is 0 Å². The Kier molecular flexibility index (Phi) is 8.91. The van der Waals surface area contributed by atoms with Crippen molar-refractivity contribution in [2.24, 2.45) is 11.7 Å². The molecular formula is C27H41N5O5. The smallest absolute Gasteiger partial charge is 0.319 e. The zero-order chi connectivity index (χ0) is 26.5. The third-order valence-electron chi connectivity index (χ3n) is 8.04. The van der Waals surface area contributed by atoms with Crippen molar-refractivity contribution in [3.05, 3.63) is 29.3 Å². The number of amides is 3. The van der Waals surface area contributed by atoms with Crippen LogP contribution in [0.3, 0.4) is 0 Å². The van der Waals surface area contributed by atoms with Crippen molar-refractivity contribution in [3.63, 3.8) is 0 Å². The molecule has 0 aromatic heterocycles. The van der Waals surface area contributed by atoms with E-state index in [0.717, 1.165) is 36.1 Å². The van der Waals surface area contributed by atoms with Crippen molar-refractivity contribution < 1.29 is 24.2 Å². The SMILES string of the molecule is CCCCN(CCN)C(=O)CN1C[C@H](c2ccc3c(c2)CCO3)[C@@H](C(=O)O)[C@@H]1CCN1CCN(C)C1=O. The Balaban J connectivity index is 1.58. The summed E-state index contributed by atoms with van der Waals surface area (Å²) in [6.45, 7) is 6.65. The van der Waals surface area contributed by atoms with Crippen molar-refractivity contribution >= 4 is 17.9 Å². The molecule has 3 heterocycles. The molecule has 2 saturated heterocycles. The first-order valence-electron chi connectivity index (χ1n) is 13.5. The fourth-order valence-electron chi connectivity index (χ4n) is 5.97. The number of carboxylic acids is 1. The Morgan fingerprint density at radius 3 is 2.73 bits per heavy atom. The Hall–Kier alpha value is -2.85. The number of hydrogen-bond donors (Lipinski definition) is 2. The summed E-state index contributed by atoms with van der Waals surface area (Å²) in [7, 11) is 1.78. The highest BCUT2D eigenvalue weighted by atomic mass is 16.5. The van der Waals surface area contributed by atoms with Crippen LogP contribution in [-0.4, -0.2) is 115 Å². The second kappa shape index (κ2) is 12.1. The molecule has 3 aliphatic heterocycles. The lowest BCUT2D eigenvalue weighted by atomic mass is 9.83. The number of carboxylic acid groups (broad SMARTS) is 1. The highest BCUT2D eigenvalue weighted by molar-refractivity contribution is 5.79. The van der Waals surface area contributed by atoms with Gasteiger partial charge in [-0.2, -0.15) is 0 Å². The topological polar surface area (TPSA) is 120 Å².